The molecule has 0 spiro atoms. The highest BCUT2D eigenvalue weighted by molar-refractivity contribution is 7.93. The molecule has 0 saturated carbocycles. The van der Waals surface area contributed by atoms with Crippen LogP contribution >= 0.6 is 11.3 Å². The highest BCUT2D eigenvalue weighted by Crippen LogP contribution is 2.42. The number of benzene rings is 3. The molecule has 43 heavy (non-hydrogen) atoms. The van der Waals surface area contributed by atoms with E-state index in [0.29, 0.717) is 12.3 Å². The minimum Gasteiger partial charge on any atom is -0.494 e. The third kappa shape index (κ3) is 9.05. The first kappa shape index (κ1) is 32.0. The molecule has 0 atom stereocenters. The van der Waals surface area contributed by atoms with Gasteiger partial charge in [0.25, 0.3) is 10.0 Å². The number of thiazole rings is 1. The molecule has 0 saturated heterocycles. The maximum Gasteiger partial charge on any atom is 0.263 e. The van der Waals surface area contributed by atoms with Crippen molar-refractivity contribution in [2.24, 2.45) is 5.41 Å². The van der Waals surface area contributed by atoms with Gasteiger partial charge in [-0.15, -0.1) is 6.58 Å². The Labute approximate surface area is 260 Å². The molecule has 0 amide bonds. The van der Waals surface area contributed by atoms with Gasteiger partial charge in [0.2, 0.25) is 0 Å². The summed E-state index contributed by atoms with van der Waals surface area (Å²) in [6, 6.07) is 22.5. The zero-order valence-electron chi connectivity index (χ0n) is 25.2. The molecule has 0 aliphatic carbocycles. The molecule has 0 radical (unpaired) electrons. The Morgan fingerprint density at radius 2 is 1.77 bits per heavy atom. The molecule has 1 aromatic heterocycles. The van der Waals surface area contributed by atoms with Crippen LogP contribution in [0.3, 0.4) is 0 Å². The first-order valence-corrected chi connectivity index (χ1v) is 16.8. The van der Waals surface area contributed by atoms with Crippen LogP contribution in [0, 0.1) is 5.41 Å². The Morgan fingerprint density at radius 3 is 2.53 bits per heavy atom. The lowest BCUT2D eigenvalue weighted by Crippen LogP contribution is -2.13. The van der Waals surface area contributed by atoms with Crippen molar-refractivity contribution in [2.45, 2.75) is 51.3 Å². The van der Waals surface area contributed by atoms with E-state index in [1.54, 1.807) is 24.3 Å². The van der Waals surface area contributed by atoms with Crippen molar-refractivity contribution in [1.82, 2.24) is 4.98 Å². The number of hydrogen-bond acceptors (Lipinski definition) is 6. The molecule has 6 nitrogen and oxygen atoms in total. The number of sulfonamides is 1. The van der Waals surface area contributed by atoms with Crippen molar-refractivity contribution >= 4 is 38.3 Å². The second kappa shape index (κ2) is 14.5. The molecule has 226 valence electrons. The summed E-state index contributed by atoms with van der Waals surface area (Å²) >= 11 is 1.30. The van der Waals surface area contributed by atoms with Gasteiger partial charge in [-0.2, -0.15) is 0 Å². The van der Waals surface area contributed by atoms with Crippen LogP contribution in [0.2, 0.25) is 0 Å². The maximum atomic E-state index is 13.5. The van der Waals surface area contributed by atoms with Gasteiger partial charge >= 0.3 is 0 Å². The van der Waals surface area contributed by atoms with Crippen molar-refractivity contribution in [3.63, 3.8) is 0 Å². The SMILES string of the molecule is C=CCCCCNc1cccc(S(=O)(=O)Nc2nc(-c3ccccc3C=C)c(-c3cccc(OCCC(C)(C)C)c3)s2)c1. The predicted octanol–water partition coefficient (Wildman–Crippen LogP) is 9.50. The molecule has 0 bridgehead atoms. The smallest absolute Gasteiger partial charge is 0.263 e. The van der Waals surface area contributed by atoms with Crippen molar-refractivity contribution in [1.29, 1.82) is 0 Å². The first-order valence-electron chi connectivity index (χ1n) is 14.5. The number of hydrogen-bond donors (Lipinski definition) is 2. The van der Waals surface area contributed by atoms with Crippen LogP contribution in [0.4, 0.5) is 10.8 Å². The van der Waals surface area contributed by atoms with Gasteiger partial charge in [0.05, 0.1) is 22.1 Å². The standard InChI is InChI=1S/C35H41N3O3S2/c1-6-8-9-12-22-36-28-17-14-19-30(25-28)43(39,40)38-34-37-32(31-20-11-10-15-26(31)7-2)33(42-34)27-16-13-18-29(24-27)41-23-21-35(3,4)5/h6-7,10-11,13-20,24-25,36H,1-2,8-9,12,21-23H2,3-5H3,(H,37,38). The van der Waals surface area contributed by atoms with Crippen LogP contribution in [-0.2, 0) is 10.0 Å². The van der Waals surface area contributed by atoms with Gasteiger partial charge in [-0.25, -0.2) is 13.4 Å². The average molecular weight is 616 g/mol. The maximum absolute atomic E-state index is 13.5. The van der Waals surface area contributed by atoms with E-state index >= 15 is 0 Å². The molecule has 3 aromatic carbocycles. The molecule has 4 rings (SSSR count). The molecule has 4 aromatic rings. The number of rotatable bonds is 15. The molecular formula is C35H41N3O3S2. The minimum absolute atomic E-state index is 0.169. The van der Waals surface area contributed by atoms with E-state index < -0.39 is 10.0 Å². The first-order chi connectivity index (χ1) is 20.6. The van der Waals surface area contributed by atoms with Gasteiger partial charge in [0, 0.05) is 17.8 Å². The molecule has 0 aliphatic rings. The molecule has 1 heterocycles. The van der Waals surface area contributed by atoms with Gasteiger partial charge in [-0.3, -0.25) is 4.72 Å². The van der Waals surface area contributed by atoms with E-state index in [4.69, 9.17) is 9.72 Å². The van der Waals surface area contributed by atoms with Crippen LogP contribution < -0.4 is 14.8 Å². The van der Waals surface area contributed by atoms with Crippen molar-refractivity contribution < 1.29 is 13.2 Å². The summed E-state index contributed by atoms with van der Waals surface area (Å²) < 4.78 is 35.9. The van der Waals surface area contributed by atoms with Crippen molar-refractivity contribution in [2.75, 3.05) is 23.2 Å². The predicted molar refractivity (Wildman–Crippen MR) is 182 cm³/mol. The van der Waals surface area contributed by atoms with Gasteiger partial charge in [-0.05, 0) is 72.6 Å². The van der Waals surface area contributed by atoms with Gasteiger partial charge in [0.1, 0.15) is 5.75 Å². The number of nitrogens with zero attached hydrogens (tertiary/aromatic N) is 1. The lowest BCUT2D eigenvalue weighted by atomic mass is 9.93. The number of ether oxygens (including phenoxy) is 1. The fourth-order valence-electron chi connectivity index (χ4n) is 4.43. The summed E-state index contributed by atoms with van der Waals surface area (Å²) in [4.78, 5) is 5.82. The summed E-state index contributed by atoms with van der Waals surface area (Å²) in [5.41, 5.74) is 4.28. The summed E-state index contributed by atoms with van der Waals surface area (Å²) in [6.07, 6.45) is 7.58. The summed E-state index contributed by atoms with van der Waals surface area (Å²) in [7, 11) is -3.89. The quantitative estimate of drug-likeness (QED) is 0.103. The minimum atomic E-state index is -3.89. The highest BCUT2D eigenvalue weighted by Gasteiger charge is 2.22. The summed E-state index contributed by atoms with van der Waals surface area (Å²) in [6.45, 7) is 15.7. The Kier molecular flexibility index (Phi) is 10.8. The number of aromatic nitrogens is 1. The van der Waals surface area contributed by atoms with Gasteiger partial charge in [0.15, 0.2) is 5.13 Å². The van der Waals surface area contributed by atoms with E-state index in [1.807, 2.05) is 60.7 Å². The van der Waals surface area contributed by atoms with E-state index in [2.05, 4.69) is 44.0 Å². The van der Waals surface area contributed by atoms with Crippen LogP contribution in [0.15, 0.2) is 96.9 Å². The fourth-order valence-corrected chi connectivity index (χ4v) is 6.68. The topological polar surface area (TPSA) is 80.3 Å². The van der Waals surface area contributed by atoms with Crippen LogP contribution in [0.1, 0.15) is 52.0 Å². The monoisotopic (exact) mass is 615 g/mol. The Bertz CT molecular complexity index is 1650. The van der Waals surface area contributed by atoms with Crippen LogP contribution in [0.25, 0.3) is 27.8 Å². The van der Waals surface area contributed by atoms with E-state index in [1.165, 1.54) is 11.3 Å². The molecular weight excluding hydrogens is 575 g/mol. The second-order valence-corrected chi connectivity index (χ2v) is 14.2. The molecule has 0 aliphatic heterocycles. The summed E-state index contributed by atoms with van der Waals surface area (Å²) in [5.74, 6) is 0.758. The Balaban J connectivity index is 1.64. The second-order valence-electron chi connectivity index (χ2n) is 11.5. The number of nitrogens with one attached hydrogen (secondary N) is 2. The normalized spacial score (nSPS) is 11.6. The third-order valence-electron chi connectivity index (χ3n) is 6.81. The summed E-state index contributed by atoms with van der Waals surface area (Å²) in [5, 5.41) is 3.60. The number of allylic oxidation sites excluding steroid dienone is 1. The zero-order chi connectivity index (χ0) is 30.9. The zero-order valence-corrected chi connectivity index (χ0v) is 26.9. The van der Waals surface area contributed by atoms with Gasteiger partial charge in [-0.1, -0.05) is 93.3 Å². The third-order valence-corrected chi connectivity index (χ3v) is 9.30. The van der Waals surface area contributed by atoms with E-state index in [-0.39, 0.29) is 15.4 Å². The largest absolute Gasteiger partial charge is 0.494 e. The molecule has 2 N–H and O–H groups in total. The molecule has 0 fully saturated rings. The van der Waals surface area contributed by atoms with Gasteiger partial charge < -0.3 is 10.1 Å². The molecule has 8 heteroatoms. The lowest BCUT2D eigenvalue weighted by Gasteiger charge is -2.18. The van der Waals surface area contributed by atoms with Crippen molar-refractivity contribution in [3.05, 3.63) is 97.6 Å². The Hall–Kier alpha value is -3.88. The number of unbranched alkanes of at least 4 members (excludes halogenated alkanes) is 2. The Morgan fingerprint density at radius 1 is 0.977 bits per heavy atom. The number of anilines is 2. The highest BCUT2D eigenvalue weighted by atomic mass is 32.2. The average Bonchev–Trinajstić information content (AvgIpc) is 3.39. The molecule has 0 unspecified atom stereocenters. The van der Waals surface area contributed by atoms with Crippen LogP contribution in [0.5, 0.6) is 5.75 Å². The van der Waals surface area contributed by atoms with Crippen molar-refractivity contribution in [3.8, 4) is 27.4 Å². The lowest BCUT2D eigenvalue weighted by molar-refractivity contribution is 0.243. The van der Waals surface area contributed by atoms with E-state index in [0.717, 1.165) is 65.2 Å². The fraction of sp³-hybridized carbons (Fsp3) is 0.286. The van der Waals surface area contributed by atoms with E-state index in [9.17, 15) is 8.42 Å². The van der Waals surface area contributed by atoms with Crippen LogP contribution in [-0.4, -0.2) is 26.6 Å².